The second-order valence-corrected chi connectivity index (χ2v) is 5.48. The summed E-state index contributed by atoms with van der Waals surface area (Å²) in [5, 5.41) is 8.77. The number of nitrogens with zero attached hydrogens (tertiary/aromatic N) is 1. The van der Waals surface area contributed by atoms with Gasteiger partial charge < -0.3 is 14.6 Å². The Morgan fingerprint density at radius 3 is 2.07 bits per heavy atom. The summed E-state index contributed by atoms with van der Waals surface area (Å²) < 4.78 is 10.2. The van der Waals surface area contributed by atoms with Crippen LogP contribution in [0.25, 0.3) is 0 Å². The highest BCUT2D eigenvalue weighted by molar-refractivity contribution is 5.46. The molecule has 3 rings (SSSR count). The molecule has 1 N–H and O–H groups in total. The van der Waals surface area contributed by atoms with Gasteiger partial charge in [-0.05, 0) is 37.1 Å². The summed E-state index contributed by atoms with van der Waals surface area (Å²) >= 11 is 0. The largest absolute Gasteiger partial charge is 0.454 e. The van der Waals surface area contributed by atoms with E-state index in [1.54, 1.807) is 18.2 Å². The van der Waals surface area contributed by atoms with Crippen molar-refractivity contribution in [1.29, 1.82) is 0 Å². The molecule has 2 atom stereocenters. The summed E-state index contributed by atoms with van der Waals surface area (Å²) in [5.74, 6) is 4.04. The molecule has 1 fully saturated rings. The molecule has 5 heteroatoms. The molecule has 1 aromatic rings. The average Bonchev–Trinajstić information content (AvgIpc) is 3.39. The maximum atomic E-state index is 10.0. The quantitative estimate of drug-likeness (QED) is 0.630. The number of likely N-dealkylation sites (tertiary alicyclic amines) is 1. The highest BCUT2D eigenvalue weighted by Gasteiger charge is 2.24. The van der Waals surface area contributed by atoms with Crippen LogP contribution in [0.3, 0.4) is 0 Å². The van der Waals surface area contributed by atoms with Crippen LogP contribution in [0.1, 0.15) is 74.3 Å². The maximum absolute atomic E-state index is 10.0. The molecule has 170 valence electrons. The van der Waals surface area contributed by atoms with Gasteiger partial charge in [-0.15, -0.1) is 0 Å². The normalized spacial score (nSPS) is 17.6. The van der Waals surface area contributed by atoms with E-state index in [-0.39, 0.29) is 13.4 Å². The molecule has 0 radical (unpaired) electrons. The van der Waals surface area contributed by atoms with Gasteiger partial charge in [-0.25, -0.2) is 4.79 Å². The van der Waals surface area contributed by atoms with E-state index in [0.717, 1.165) is 35.9 Å². The van der Waals surface area contributed by atoms with E-state index in [4.69, 9.17) is 14.6 Å². The number of benzene rings is 1. The Hall–Kier alpha value is -1.81. The van der Waals surface area contributed by atoms with E-state index < -0.39 is 0 Å². The molecule has 0 saturated carbocycles. The van der Waals surface area contributed by atoms with Crippen LogP contribution >= 0.6 is 0 Å². The molecule has 2 aliphatic rings. The van der Waals surface area contributed by atoms with Crippen LogP contribution < -0.4 is 9.47 Å². The first-order chi connectivity index (χ1) is 14.1. The number of rotatable bonds is 2. The van der Waals surface area contributed by atoms with Gasteiger partial charge in [-0.1, -0.05) is 68.4 Å². The molecule has 0 aliphatic carbocycles. The van der Waals surface area contributed by atoms with Crippen molar-refractivity contribution in [2.45, 2.75) is 81.4 Å². The molecule has 0 unspecified atom stereocenters. The predicted molar refractivity (Wildman–Crippen MR) is 124 cm³/mol. The topological polar surface area (TPSA) is 59.0 Å². The standard InChI is InChI=1S/C8H13NO.C8H8O3.4C2H6/c1-7-5-8(3-4-10)9(2)6-7;9-4-6-1-2-7-8(3-6)11-5-10-7;4*1-2/h3,7-8H,5-6H2,1-2H3;1-3,9H,4-5H2;4*1-2H3/t7-,8+;;;;;/m1...../s1. The predicted octanol–water partition coefficient (Wildman–Crippen LogP) is 5.73. The van der Waals surface area contributed by atoms with Crippen molar-refractivity contribution in [3.63, 3.8) is 0 Å². The van der Waals surface area contributed by atoms with Crippen molar-refractivity contribution in [2.24, 2.45) is 5.92 Å². The van der Waals surface area contributed by atoms with E-state index in [1.807, 2.05) is 74.4 Å². The van der Waals surface area contributed by atoms with Crippen molar-refractivity contribution in [3.8, 4) is 11.5 Å². The van der Waals surface area contributed by atoms with E-state index in [1.165, 1.54) is 0 Å². The van der Waals surface area contributed by atoms with E-state index in [2.05, 4.69) is 11.8 Å². The van der Waals surface area contributed by atoms with Crippen molar-refractivity contribution >= 4 is 5.94 Å². The third kappa shape index (κ3) is 13.1. The van der Waals surface area contributed by atoms with Gasteiger partial charge in [0.1, 0.15) is 5.94 Å². The second kappa shape index (κ2) is 22.5. The lowest BCUT2D eigenvalue weighted by atomic mass is 10.1. The molecule has 0 bridgehead atoms. The van der Waals surface area contributed by atoms with E-state index in [9.17, 15) is 4.79 Å². The number of hydrogen-bond donors (Lipinski definition) is 1. The zero-order valence-electron chi connectivity index (χ0n) is 20.4. The van der Waals surface area contributed by atoms with Crippen molar-refractivity contribution in [2.75, 3.05) is 20.4 Å². The summed E-state index contributed by atoms with van der Waals surface area (Å²) in [6, 6.07) is 5.73. The fourth-order valence-corrected chi connectivity index (χ4v) is 2.61. The molecule has 0 spiro atoms. The first-order valence-corrected chi connectivity index (χ1v) is 11.0. The molecule has 2 aliphatic heterocycles. The maximum Gasteiger partial charge on any atom is 0.231 e. The van der Waals surface area contributed by atoms with Crippen LogP contribution in [0, 0.1) is 5.92 Å². The average molecular weight is 412 g/mol. The highest BCUT2D eigenvalue weighted by atomic mass is 16.7. The molecule has 0 amide bonds. The fourth-order valence-electron chi connectivity index (χ4n) is 2.61. The van der Waals surface area contributed by atoms with Gasteiger partial charge in [0.25, 0.3) is 0 Å². The smallest absolute Gasteiger partial charge is 0.231 e. The number of likely N-dealkylation sites (N-methyl/N-ethyl adjacent to an activating group) is 1. The Bertz CT molecular complexity index is 528. The lowest BCUT2D eigenvalue weighted by molar-refractivity contribution is 0.174. The molecule has 0 aromatic heterocycles. The number of ether oxygens (including phenoxy) is 2. The third-order valence-corrected chi connectivity index (χ3v) is 3.69. The molecule has 1 aromatic carbocycles. The van der Waals surface area contributed by atoms with Gasteiger partial charge >= 0.3 is 0 Å². The lowest BCUT2D eigenvalue weighted by Crippen LogP contribution is -2.22. The van der Waals surface area contributed by atoms with Gasteiger partial charge in [0.15, 0.2) is 11.5 Å². The number of hydrogen-bond acceptors (Lipinski definition) is 5. The first-order valence-electron chi connectivity index (χ1n) is 11.0. The molecule has 5 nitrogen and oxygen atoms in total. The van der Waals surface area contributed by atoms with Crippen LogP contribution in [0.4, 0.5) is 0 Å². The zero-order valence-corrected chi connectivity index (χ0v) is 20.4. The Morgan fingerprint density at radius 1 is 1.07 bits per heavy atom. The van der Waals surface area contributed by atoms with Crippen LogP contribution in [0.5, 0.6) is 11.5 Å². The highest BCUT2D eigenvalue weighted by Crippen LogP contribution is 2.32. The van der Waals surface area contributed by atoms with Gasteiger partial charge in [-0.3, -0.25) is 4.90 Å². The number of carbonyl (C=O) groups excluding carboxylic acids is 1. The molecule has 1 saturated heterocycles. The first kappa shape index (κ1) is 31.9. The molecule has 29 heavy (non-hydrogen) atoms. The summed E-state index contributed by atoms with van der Waals surface area (Å²) in [7, 11) is 2.04. The van der Waals surface area contributed by atoms with Crippen LogP contribution in [0.15, 0.2) is 24.3 Å². The number of fused-ring (bicyclic) bond motifs is 1. The van der Waals surface area contributed by atoms with Crippen LogP contribution in [-0.4, -0.2) is 42.4 Å². The van der Waals surface area contributed by atoms with Crippen molar-refractivity contribution in [3.05, 3.63) is 29.8 Å². The van der Waals surface area contributed by atoms with Gasteiger partial charge in [0.05, 0.1) is 6.61 Å². The number of aliphatic hydroxyl groups is 1. The molecule has 2 heterocycles. The zero-order chi connectivity index (χ0) is 23.2. The van der Waals surface area contributed by atoms with E-state index >= 15 is 0 Å². The van der Waals surface area contributed by atoms with Gasteiger partial charge in [0, 0.05) is 18.7 Å². The minimum atomic E-state index is 0.0383. The summed E-state index contributed by atoms with van der Waals surface area (Å²) in [5.41, 5.74) is 0.842. The van der Waals surface area contributed by atoms with Crippen LogP contribution in [-0.2, 0) is 11.4 Å². The monoisotopic (exact) mass is 411 g/mol. The Balaban J connectivity index is -0.000000349. The van der Waals surface area contributed by atoms with Crippen LogP contribution in [0.2, 0.25) is 0 Å². The fraction of sp³-hybridized carbons (Fsp3) is 0.667. The molecular formula is C24H45NO4. The number of aliphatic hydroxyl groups excluding tert-OH is 1. The summed E-state index contributed by atoms with van der Waals surface area (Å²) in [6.45, 7) is 19.6. The minimum Gasteiger partial charge on any atom is -0.454 e. The molecular weight excluding hydrogens is 366 g/mol. The van der Waals surface area contributed by atoms with Gasteiger partial charge in [-0.2, -0.15) is 0 Å². The lowest BCUT2D eigenvalue weighted by Gasteiger charge is -2.12. The third-order valence-electron chi connectivity index (χ3n) is 3.69. The Morgan fingerprint density at radius 2 is 1.62 bits per heavy atom. The summed E-state index contributed by atoms with van der Waals surface area (Å²) in [4.78, 5) is 12.2. The Kier molecular flexibility index (Phi) is 24.7. The second-order valence-electron chi connectivity index (χ2n) is 5.48. The van der Waals surface area contributed by atoms with Crippen molar-refractivity contribution < 1.29 is 19.4 Å². The van der Waals surface area contributed by atoms with E-state index in [0.29, 0.717) is 6.04 Å². The van der Waals surface area contributed by atoms with Gasteiger partial charge in [0.2, 0.25) is 6.79 Å². The Labute approximate surface area is 179 Å². The van der Waals surface area contributed by atoms with Crippen molar-refractivity contribution in [1.82, 2.24) is 4.90 Å². The SMILES string of the molecule is CC.CC.CC.CC.C[C@@H]1C[C@H](C=C=O)N(C)C1.OCc1ccc2c(c1)OCO2. The summed E-state index contributed by atoms with van der Waals surface area (Å²) in [6.07, 6.45) is 2.72. The minimum absolute atomic E-state index is 0.0383.